The van der Waals surface area contributed by atoms with E-state index in [9.17, 15) is 4.21 Å². The van der Waals surface area contributed by atoms with Gasteiger partial charge in [0.15, 0.2) is 0 Å². The summed E-state index contributed by atoms with van der Waals surface area (Å²) >= 11 is 0. The van der Waals surface area contributed by atoms with Gasteiger partial charge in [-0.05, 0) is 32.7 Å². The van der Waals surface area contributed by atoms with Crippen LogP contribution in [0.15, 0.2) is 0 Å². The highest BCUT2D eigenvalue weighted by molar-refractivity contribution is 7.85. The summed E-state index contributed by atoms with van der Waals surface area (Å²) in [5.41, 5.74) is 0. The van der Waals surface area contributed by atoms with Crippen molar-refractivity contribution in [1.29, 1.82) is 0 Å². The van der Waals surface area contributed by atoms with E-state index in [1.807, 2.05) is 0 Å². The van der Waals surface area contributed by atoms with Crippen LogP contribution in [0.4, 0.5) is 0 Å². The first-order chi connectivity index (χ1) is 7.25. The minimum Gasteiger partial charge on any atom is -0.313 e. The highest BCUT2D eigenvalue weighted by Gasteiger charge is 2.25. The zero-order valence-corrected chi connectivity index (χ0v) is 10.4. The lowest BCUT2D eigenvalue weighted by Crippen LogP contribution is -2.40. The Morgan fingerprint density at radius 1 is 1.27 bits per heavy atom. The van der Waals surface area contributed by atoms with Crippen molar-refractivity contribution in [3.05, 3.63) is 0 Å². The predicted octanol–water partition coefficient (Wildman–Crippen LogP) is 0.581. The number of hydrogen-bond donors (Lipinski definition) is 1. The van der Waals surface area contributed by atoms with Gasteiger partial charge in [-0.3, -0.25) is 4.21 Å². The van der Waals surface area contributed by atoms with E-state index < -0.39 is 10.8 Å². The maximum absolute atomic E-state index is 11.2. The normalized spacial score (nSPS) is 32.1. The van der Waals surface area contributed by atoms with Gasteiger partial charge in [-0.25, -0.2) is 0 Å². The molecular weight excluding hydrogens is 208 g/mol. The van der Waals surface area contributed by atoms with E-state index in [4.69, 9.17) is 0 Å². The highest BCUT2D eigenvalue weighted by atomic mass is 32.2. The fourth-order valence-corrected chi connectivity index (χ4v) is 3.44. The number of hydrogen-bond acceptors (Lipinski definition) is 3. The average molecular weight is 230 g/mol. The molecule has 0 amide bonds. The first-order valence-electron chi connectivity index (χ1n) is 6.04. The molecule has 15 heavy (non-hydrogen) atoms. The second-order valence-electron chi connectivity index (χ2n) is 4.79. The molecule has 0 atom stereocenters. The molecule has 2 aliphatic rings. The Balaban J connectivity index is 1.55. The van der Waals surface area contributed by atoms with Crippen molar-refractivity contribution < 1.29 is 4.21 Å². The molecule has 1 saturated carbocycles. The van der Waals surface area contributed by atoms with Gasteiger partial charge < -0.3 is 10.2 Å². The molecule has 2 rings (SSSR count). The van der Waals surface area contributed by atoms with Crippen molar-refractivity contribution >= 4 is 10.8 Å². The van der Waals surface area contributed by atoms with Crippen LogP contribution in [0.2, 0.25) is 0 Å². The zero-order chi connectivity index (χ0) is 10.7. The molecular formula is C11H22N2OS. The van der Waals surface area contributed by atoms with E-state index in [1.165, 1.54) is 12.8 Å². The van der Waals surface area contributed by atoms with Gasteiger partial charge in [0.1, 0.15) is 0 Å². The largest absolute Gasteiger partial charge is 0.313 e. The Hall–Kier alpha value is 0.0700. The second kappa shape index (κ2) is 5.41. The number of nitrogens with zero attached hydrogens (tertiary/aromatic N) is 1. The van der Waals surface area contributed by atoms with Crippen molar-refractivity contribution in [2.75, 3.05) is 31.6 Å². The predicted molar refractivity (Wildman–Crippen MR) is 64.6 cm³/mol. The van der Waals surface area contributed by atoms with Crippen LogP contribution in [0.5, 0.6) is 0 Å². The molecule has 3 nitrogen and oxygen atoms in total. The van der Waals surface area contributed by atoms with E-state index >= 15 is 0 Å². The van der Waals surface area contributed by atoms with E-state index in [0.717, 1.165) is 43.5 Å². The van der Waals surface area contributed by atoms with Crippen molar-refractivity contribution in [3.8, 4) is 0 Å². The van der Waals surface area contributed by atoms with Crippen molar-refractivity contribution in [1.82, 2.24) is 10.2 Å². The SMILES string of the molecule is CN(CCNC1CCS(=O)CC1)C1CC1. The summed E-state index contributed by atoms with van der Waals surface area (Å²) in [6, 6.07) is 1.49. The van der Waals surface area contributed by atoms with Crippen LogP contribution in [0.1, 0.15) is 25.7 Å². The zero-order valence-electron chi connectivity index (χ0n) is 9.58. The molecule has 1 N–H and O–H groups in total. The molecule has 2 fully saturated rings. The maximum atomic E-state index is 11.2. The molecule has 0 aromatic heterocycles. The molecule has 1 aliphatic carbocycles. The molecule has 1 aliphatic heterocycles. The molecule has 0 aromatic carbocycles. The number of nitrogens with one attached hydrogen (secondary N) is 1. The van der Waals surface area contributed by atoms with Gasteiger partial charge in [-0.2, -0.15) is 0 Å². The molecule has 1 saturated heterocycles. The summed E-state index contributed by atoms with van der Waals surface area (Å²) in [6.07, 6.45) is 4.97. The van der Waals surface area contributed by atoms with E-state index in [1.54, 1.807) is 0 Å². The van der Waals surface area contributed by atoms with Gasteiger partial charge >= 0.3 is 0 Å². The third kappa shape index (κ3) is 3.85. The number of rotatable bonds is 5. The van der Waals surface area contributed by atoms with Crippen LogP contribution in [0.25, 0.3) is 0 Å². The third-order valence-corrected chi connectivity index (χ3v) is 4.84. The first kappa shape index (κ1) is 11.6. The Labute approximate surface area is 95.1 Å². The molecule has 1 heterocycles. The molecule has 0 aromatic rings. The Morgan fingerprint density at radius 3 is 2.53 bits per heavy atom. The van der Waals surface area contributed by atoms with Crippen LogP contribution in [-0.4, -0.2) is 52.8 Å². The molecule has 0 unspecified atom stereocenters. The topological polar surface area (TPSA) is 32.3 Å². The fraction of sp³-hybridized carbons (Fsp3) is 1.00. The summed E-state index contributed by atoms with van der Waals surface area (Å²) < 4.78 is 11.2. The summed E-state index contributed by atoms with van der Waals surface area (Å²) in [4.78, 5) is 2.45. The molecule has 0 radical (unpaired) electrons. The minimum atomic E-state index is -0.523. The van der Waals surface area contributed by atoms with E-state index in [2.05, 4.69) is 17.3 Å². The lowest BCUT2D eigenvalue weighted by molar-refractivity contribution is 0.311. The monoisotopic (exact) mass is 230 g/mol. The summed E-state index contributed by atoms with van der Waals surface area (Å²) in [6.45, 7) is 2.24. The van der Waals surface area contributed by atoms with E-state index in [0.29, 0.717) is 6.04 Å². The lowest BCUT2D eigenvalue weighted by atomic mass is 10.1. The number of likely N-dealkylation sites (N-methyl/N-ethyl adjacent to an activating group) is 1. The summed E-state index contributed by atoms with van der Waals surface area (Å²) in [5, 5.41) is 3.58. The van der Waals surface area contributed by atoms with Crippen LogP contribution < -0.4 is 5.32 Å². The second-order valence-corrected chi connectivity index (χ2v) is 6.48. The lowest BCUT2D eigenvalue weighted by Gasteiger charge is -2.24. The molecule has 4 heteroatoms. The third-order valence-electron chi connectivity index (χ3n) is 3.46. The fourth-order valence-electron chi connectivity index (χ4n) is 2.14. The van der Waals surface area contributed by atoms with E-state index in [-0.39, 0.29) is 0 Å². The van der Waals surface area contributed by atoms with Crippen LogP contribution >= 0.6 is 0 Å². The van der Waals surface area contributed by atoms with Crippen molar-refractivity contribution in [2.45, 2.75) is 37.8 Å². The molecule has 88 valence electrons. The van der Waals surface area contributed by atoms with Gasteiger partial charge in [0.05, 0.1) is 0 Å². The van der Waals surface area contributed by atoms with Gasteiger partial charge in [-0.1, -0.05) is 0 Å². The Bertz CT molecular complexity index is 221. The van der Waals surface area contributed by atoms with Crippen molar-refractivity contribution in [2.24, 2.45) is 0 Å². The van der Waals surface area contributed by atoms with Gasteiger partial charge in [0, 0.05) is 47.5 Å². The minimum absolute atomic E-state index is 0.523. The summed E-state index contributed by atoms with van der Waals surface area (Å²) in [7, 11) is 1.69. The molecule has 0 spiro atoms. The highest BCUT2D eigenvalue weighted by Crippen LogP contribution is 2.24. The van der Waals surface area contributed by atoms with Gasteiger partial charge in [0.25, 0.3) is 0 Å². The van der Waals surface area contributed by atoms with Crippen molar-refractivity contribution in [3.63, 3.8) is 0 Å². The Morgan fingerprint density at radius 2 is 1.93 bits per heavy atom. The summed E-state index contributed by atoms with van der Waals surface area (Å²) in [5.74, 6) is 1.80. The van der Waals surface area contributed by atoms with Gasteiger partial charge in [0.2, 0.25) is 0 Å². The van der Waals surface area contributed by atoms with Crippen LogP contribution in [0.3, 0.4) is 0 Å². The standard InChI is InChI=1S/C11H22N2OS/c1-13(11-2-3-11)7-6-12-10-4-8-15(14)9-5-10/h10-12H,2-9H2,1H3. The maximum Gasteiger partial charge on any atom is 0.0249 e. The van der Waals surface area contributed by atoms with Crippen LogP contribution in [0, 0.1) is 0 Å². The smallest absolute Gasteiger partial charge is 0.0249 e. The van der Waals surface area contributed by atoms with Gasteiger partial charge in [-0.15, -0.1) is 0 Å². The van der Waals surface area contributed by atoms with Crippen LogP contribution in [-0.2, 0) is 10.8 Å². The quantitative estimate of drug-likeness (QED) is 0.750. The first-order valence-corrected chi connectivity index (χ1v) is 7.53. The molecule has 0 bridgehead atoms. The average Bonchev–Trinajstić information content (AvgIpc) is 3.04. The Kier molecular flexibility index (Phi) is 4.17.